The Morgan fingerprint density at radius 2 is 2.00 bits per heavy atom. The molecule has 2 atom stereocenters. The van der Waals surface area contributed by atoms with Crippen LogP contribution in [0.15, 0.2) is 18.3 Å². The maximum absolute atomic E-state index is 12.8. The average Bonchev–Trinajstić information content (AvgIpc) is 2.95. The third-order valence-corrected chi connectivity index (χ3v) is 5.52. The van der Waals surface area contributed by atoms with Gasteiger partial charge in [0.25, 0.3) is 11.8 Å². The van der Waals surface area contributed by atoms with Crippen molar-refractivity contribution in [3.8, 4) is 5.88 Å². The number of halogens is 3. The first-order valence-electron chi connectivity index (χ1n) is 9.69. The van der Waals surface area contributed by atoms with E-state index in [0.29, 0.717) is 25.7 Å². The molecule has 1 aliphatic heterocycles. The van der Waals surface area contributed by atoms with Crippen LogP contribution in [-0.2, 0) is 4.79 Å². The Morgan fingerprint density at radius 3 is 2.60 bits per heavy atom. The highest BCUT2D eigenvalue weighted by molar-refractivity contribution is 6.04. The van der Waals surface area contributed by atoms with Crippen molar-refractivity contribution in [1.29, 1.82) is 0 Å². The number of primary amides is 1. The number of rotatable bonds is 6. The van der Waals surface area contributed by atoms with Gasteiger partial charge in [-0.2, -0.15) is 13.2 Å². The number of pyridine rings is 1. The van der Waals surface area contributed by atoms with Crippen LogP contribution in [0.3, 0.4) is 0 Å². The Balaban J connectivity index is 1.58. The van der Waals surface area contributed by atoms with Crippen molar-refractivity contribution in [3.63, 3.8) is 0 Å². The summed E-state index contributed by atoms with van der Waals surface area (Å²) in [5.41, 5.74) is 5.47. The van der Waals surface area contributed by atoms with Gasteiger partial charge in [0, 0.05) is 12.2 Å². The van der Waals surface area contributed by atoms with Crippen LogP contribution in [0.25, 0.3) is 0 Å². The summed E-state index contributed by atoms with van der Waals surface area (Å²) in [7, 11) is 0. The van der Waals surface area contributed by atoms with Crippen molar-refractivity contribution in [2.75, 3.05) is 0 Å². The first kappa shape index (κ1) is 21.8. The molecule has 0 unspecified atom stereocenters. The van der Waals surface area contributed by atoms with Gasteiger partial charge in [-0.25, -0.2) is 9.78 Å². The summed E-state index contributed by atoms with van der Waals surface area (Å²) < 4.78 is 44.2. The van der Waals surface area contributed by atoms with Crippen molar-refractivity contribution >= 4 is 17.8 Å². The van der Waals surface area contributed by atoms with Gasteiger partial charge >= 0.3 is 12.2 Å². The molecular weight excluding hydrogens is 405 g/mol. The molecule has 0 aromatic carbocycles. The van der Waals surface area contributed by atoms with Crippen LogP contribution >= 0.6 is 0 Å². The molecule has 0 bridgehead atoms. The number of hydrogen-bond donors (Lipinski definition) is 2. The summed E-state index contributed by atoms with van der Waals surface area (Å²) in [5.74, 6) is -2.86. The van der Waals surface area contributed by atoms with E-state index in [-0.39, 0.29) is 17.5 Å². The molecule has 30 heavy (non-hydrogen) atoms. The molecule has 2 heterocycles. The molecule has 0 radical (unpaired) electrons. The van der Waals surface area contributed by atoms with Crippen molar-refractivity contribution in [1.82, 2.24) is 15.2 Å². The highest BCUT2D eigenvalue weighted by atomic mass is 19.4. The Bertz CT molecular complexity index is 824. The van der Waals surface area contributed by atoms with E-state index in [1.807, 2.05) is 0 Å². The lowest BCUT2D eigenvalue weighted by Crippen LogP contribution is -2.44. The highest BCUT2D eigenvalue weighted by Crippen LogP contribution is 2.33. The number of urea groups is 1. The van der Waals surface area contributed by atoms with Gasteiger partial charge in [0.1, 0.15) is 17.7 Å². The number of nitrogens with two attached hydrogens (primary N) is 1. The van der Waals surface area contributed by atoms with Crippen LogP contribution in [0.5, 0.6) is 5.88 Å². The molecule has 4 amide bonds. The molecule has 1 aromatic heterocycles. The molecule has 1 aromatic rings. The third kappa shape index (κ3) is 4.65. The van der Waals surface area contributed by atoms with Crippen LogP contribution in [0.1, 0.15) is 49.4 Å². The van der Waals surface area contributed by atoms with Crippen molar-refractivity contribution in [3.05, 3.63) is 23.9 Å². The molecular formula is C19H23F3N4O4. The zero-order chi connectivity index (χ0) is 22.1. The summed E-state index contributed by atoms with van der Waals surface area (Å²) in [5, 5.41) is 2.37. The van der Waals surface area contributed by atoms with Gasteiger partial charge in [-0.05, 0) is 44.2 Å². The highest BCUT2D eigenvalue weighted by Gasteiger charge is 2.46. The zero-order valence-electron chi connectivity index (χ0n) is 16.3. The van der Waals surface area contributed by atoms with E-state index in [4.69, 9.17) is 10.5 Å². The van der Waals surface area contributed by atoms with Crippen molar-refractivity contribution < 1.29 is 32.3 Å². The molecule has 11 heteroatoms. The number of hydrogen-bond acceptors (Lipinski definition) is 5. The lowest BCUT2D eigenvalue weighted by Gasteiger charge is -2.33. The van der Waals surface area contributed by atoms with Gasteiger partial charge in [0.2, 0.25) is 5.88 Å². The molecule has 2 aliphatic rings. The topological polar surface area (TPSA) is 115 Å². The quantitative estimate of drug-likeness (QED) is 0.675. The Hall–Kier alpha value is -2.85. The fraction of sp³-hybridized carbons (Fsp3) is 0.579. The largest absolute Gasteiger partial charge is 0.474 e. The Labute approximate surface area is 170 Å². The zero-order valence-corrected chi connectivity index (χ0v) is 16.3. The molecule has 1 saturated carbocycles. The van der Waals surface area contributed by atoms with E-state index in [2.05, 4.69) is 10.3 Å². The number of nitrogens with one attached hydrogen (secondary N) is 1. The second-order valence-electron chi connectivity index (χ2n) is 7.66. The van der Waals surface area contributed by atoms with E-state index in [0.717, 1.165) is 11.8 Å². The van der Waals surface area contributed by atoms with Crippen molar-refractivity contribution in [2.24, 2.45) is 11.7 Å². The summed E-state index contributed by atoms with van der Waals surface area (Å²) in [6, 6.07) is 0.825. The lowest BCUT2D eigenvalue weighted by atomic mass is 9.91. The first-order valence-corrected chi connectivity index (χ1v) is 9.69. The Morgan fingerprint density at radius 1 is 1.33 bits per heavy atom. The predicted molar refractivity (Wildman–Crippen MR) is 98.4 cm³/mol. The molecule has 3 N–H and O–H groups in total. The fourth-order valence-electron chi connectivity index (χ4n) is 3.79. The summed E-state index contributed by atoms with van der Waals surface area (Å²) in [6.45, 7) is 0.989. The molecule has 1 saturated heterocycles. The number of amides is 4. The molecule has 1 aliphatic carbocycles. The average molecular weight is 428 g/mol. The van der Waals surface area contributed by atoms with Gasteiger partial charge in [-0.3, -0.25) is 14.5 Å². The van der Waals surface area contributed by atoms with E-state index >= 15 is 0 Å². The van der Waals surface area contributed by atoms with E-state index < -0.39 is 48.4 Å². The van der Waals surface area contributed by atoms with Crippen LogP contribution < -0.4 is 15.8 Å². The lowest BCUT2D eigenvalue weighted by molar-refractivity contribution is -0.172. The first-order chi connectivity index (χ1) is 14.1. The monoisotopic (exact) mass is 428 g/mol. The van der Waals surface area contributed by atoms with Gasteiger partial charge < -0.3 is 15.8 Å². The number of imide groups is 1. The number of aromatic nitrogens is 1. The maximum atomic E-state index is 12.8. The van der Waals surface area contributed by atoms with Crippen LogP contribution in [0.2, 0.25) is 0 Å². The number of nitrogens with zero attached hydrogens (tertiary/aromatic N) is 2. The number of ether oxygens (including phenoxy) is 1. The van der Waals surface area contributed by atoms with E-state index in [1.165, 1.54) is 12.3 Å². The second kappa shape index (κ2) is 8.49. The van der Waals surface area contributed by atoms with Crippen LogP contribution in [-0.4, -0.2) is 52.1 Å². The summed E-state index contributed by atoms with van der Waals surface area (Å²) >= 11 is 0. The minimum atomic E-state index is -4.43. The Kier molecular flexibility index (Phi) is 6.18. The number of alkyl halides is 3. The number of carbonyl (C=O) groups excluding carboxylic acids is 3. The summed E-state index contributed by atoms with van der Waals surface area (Å²) in [4.78, 5) is 41.3. The second-order valence-corrected chi connectivity index (χ2v) is 7.66. The van der Waals surface area contributed by atoms with Crippen LogP contribution in [0, 0.1) is 5.92 Å². The minimum Gasteiger partial charge on any atom is -0.474 e. The minimum absolute atomic E-state index is 0.129. The number of carbonyl (C=O) groups is 3. The van der Waals surface area contributed by atoms with E-state index in [1.54, 1.807) is 6.07 Å². The predicted octanol–water partition coefficient (Wildman–Crippen LogP) is 2.38. The van der Waals surface area contributed by atoms with Gasteiger partial charge in [0.15, 0.2) is 0 Å². The molecule has 0 spiro atoms. The molecule has 2 fully saturated rings. The van der Waals surface area contributed by atoms with Gasteiger partial charge in [-0.15, -0.1) is 0 Å². The maximum Gasteiger partial charge on any atom is 0.391 e. The fourth-order valence-corrected chi connectivity index (χ4v) is 3.79. The van der Waals surface area contributed by atoms with Crippen molar-refractivity contribution in [2.45, 2.75) is 63.4 Å². The summed E-state index contributed by atoms with van der Waals surface area (Å²) in [6.07, 6.45) is -1.88. The molecule has 8 nitrogen and oxygen atoms in total. The molecule has 3 rings (SSSR count). The smallest absolute Gasteiger partial charge is 0.391 e. The van der Waals surface area contributed by atoms with E-state index in [9.17, 15) is 27.6 Å². The standard InChI is InChI=1S/C19H23F3N4O4/c1-10(19(20,21)22)9-14-17(28)26(18(29)25-14)11-4-6-12(7-5-11)30-16-13(15(23)27)3-2-8-24-16/h2-3,8,10-12,14H,4-7,9H2,1H3,(H2,23,27)(H,25,29)/t10-,11?,12?,14-/m0/s1. The normalized spacial score (nSPS) is 25.7. The van der Waals surface area contributed by atoms with Crippen LogP contribution in [0.4, 0.5) is 18.0 Å². The SMILES string of the molecule is C[C@@H](C[C@@H]1NC(=O)N(C2CCC(Oc3ncccc3C(N)=O)CC2)C1=O)C(F)(F)F. The molecule has 164 valence electrons. The van der Waals surface area contributed by atoms with Gasteiger partial charge in [-0.1, -0.05) is 6.92 Å². The van der Waals surface area contributed by atoms with Gasteiger partial charge in [0.05, 0.1) is 5.92 Å². The third-order valence-electron chi connectivity index (χ3n) is 5.52.